The summed E-state index contributed by atoms with van der Waals surface area (Å²) in [5.74, 6) is 16.1. The van der Waals surface area contributed by atoms with E-state index < -0.39 is 5.91 Å². The average Bonchev–Trinajstić information content (AvgIpc) is 2.91. The van der Waals surface area contributed by atoms with E-state index in [2.05, 4.69) is 61.4 Å². The molecule has 0 aliphatic heterocycles. The summed E-state index contributed by atoms with van der Waals surface area (Å²) < 4.78 is 11.0. The van der Waals surface area contributed by atoms with Crippen molar-refractivity contribution < 1.29 is 19.1 Å². The number of carbonyl (C=O) groups excluding carboxylic acids is 2. The number of hydrazine groups is 2. The molecule has 8 heteroatoms. The highest BCUT2D eigenvalue weighted by Gasteiger charge is 2.11. The molecule has 0 fully saturated rings. The van der Waals surface area contributed by atoms with Gasteiger partial charge in [0.15, 0.2) is 6.29 Å². The molecule has 1 amide bonds. The molecule has 0 aliphatic carbocycles. The largest absolute Gasteiger partial charge is 0.489 e. The van der Waals surface area contributed by atoms with E-state index in [-0.39, 0.29) is 13.2 Å². The van der Waals surface area contributed by atoms with E-state index in [4.69, 9.17) is 15.3 Å². The van der Waals surface area contributed by atoms with E-state index in [0.717, 1.165) is 6.29 Å². The van der Waals surface area contributed by atoms with Crippen LogP contribution in [0, 0.1) is 11.8 Å². The van der Waals surface area contributed by atoms with Gasteiger partial charge in [0.05, 0.1) is 11.1 Å². The van der Waals surface area contributed by atoms with Crippen molar-refractivity contribution in [2.24, 2.45) is 11.7 Å². The minimum atomic E-state index is -0.466. The standard InChI is InChI=1S/C22H20N2O4.C3H6.C2H4.CH6N2/c1-3-11-27-20-13-16(7-9-18(20)15-25)5-6-17-8-10-19(22(26)24-23)21(14-17)28-12-4-2;1-3-2;1-2;1-3-2/h3-4,7-10,13-15H,1-2,11-12,23H2,(H,24,26);3H,1H2,2H3;1-2H2;3H,2H2,1H3. The van der Waals surface area contributed by atoms with Crippen molar-refractivity contribution in [3.63, 3.8) is 0 Å². The molecule has 2 aromatic rings. The number of hydrogen-bond acceptors (Lipinski definition) is 7. The number of benzene rings is 2. The third-order valence-corrected chi connectivity index (χ3v) is 3.56. The first-order valence-corrected chi connectivity index (χ1v) is 10.6. The third kappa shape index (κ3) is 13.3. The van der Waals surface area contributed by atoms with Gasteiger partial charge in [0.2, 0.25) is 0 Å². The molecule has 192 valence electrons. The monoisotopic (exact) mass is 492 g/mol. The minimum absolute atomic E-state index is 0.235. The molecule has 8 nitrogen and oxygen atoms in total. The van der Waals surface area contributed by atoms with Gasteiger partial charge in [-0.1, -0.05) is 43.2 Å². The predicted molar refractivity (Wildman–Crippen MR) is 148 cm³/mol. The summed E-state index contributed by atoms with van der Waals surface area (Å²) in [5, 5.41) is 0. The lowest BCUT2D eigenvalue weighted by atomic mass is 10.1. The number of amides is 1. The second-order valence-corrected chi connectivity index (χ2v) is 6.20. The second-order valence-electron chi connectivity index (χ2n) is 6.20. The first-order chi connectivity index (χ1) is 17.4. The van der Waals surface area contributed by atoms with Crippen LogP contribution in [0.25, 0.3) is 0 Å². The molecule has 36 heavy (non-hydrogen) atoms. The molecule has 0 aromatic heterocycles. The molecule has 0 unspecified atom stereocenters. The molecule has 0 spiro atoms. The van der Waals surface area contributed by atoms with Gasteiger partial charge in [-0.25, -0.2) is 5.84 Å². The summed E-state index contributed by atoms with van der Waals surface area (Å²) in [6.45, 7) is 18.9. The summed E-state index contributed by atoms with van der Waals surface area (Å²) >= 11 is 0. The molecular formula is C28H36N4O4. The Labute approximate surface area is 214 Å². The molecule has 2 aromatic carbocycles. The number of rotatable bonds is 8. The average molecular weight is 493 g/mol. The number of allylic oxidation sites excluding steroid dienone is 1. The summed E-state index contributed by atoms with van der Waals surface area (Å²) in [5.41, 5.74) is 6.37. The highest BCUT2D eigenvalue weighted by atomic mass is 16.5. The van der Waals surface area contributed by atoms with Gasteiger partial charge in [-0.15, -0.1) is 19.7 Å². The zero-order valence-electron chi connectivity index (χ0n) is 21.0. The fraction of sp³-hybridized carbons (Fsp3) is 0.143. The fourth-order valence-electron chi connectivity index (χ4n) is 2.26. The van der Waals surface area contributed by atoms with Gasteiger partial charge < -0.3 is 9.47 Å². The molecule has 0 saturated heterocycles. The normalized spacial score (nSPS) is 8.33. The Kier molecular flexibility index (Phi) is 21.0. The van der Waals surface area contributed by atoms with Crippen LogP contribution in [-0.2, 0) is 0 Å². The summed E-state index contributed by atoms with van der Waals surface area (Å²) in [6.07, 6.45) is 5.64. The Bertz CT molecular complexity index is 1040. The molecule has 0 atom stereocenters. The summed E-state index contributed by atoms with van der Waals surface area (Å²) in [7, 11) is 1.65. The number of hydrogen-bond donors (Lipinski definition) is 4. The Balaban J connectivity index is 0. The molecule has 6 N–H and O–H groups in total. The quantitative estimate of drug-likeness (QED) is 0.110. The SMILES string of the molecule is C=C.C=CC.C=CCOc1cc(C#Cc2ccc(C(=O)NN)c(OCC=C)c2)ccc1C=O.CNN. The Morgan fingerprint density at radius 3 is 1.83 bits per heavy atom. The first-order valence-electron chi connectivity index (χ1n) is 10.6. The van der Waals surface area contributed by atoms with Crippen molar-refractivity contribution in [1.82, 2.24) is 10.9 Å². The van der Waals surface area contributed by atoms with E-state index in [1.807, 2.05) is 6.92 Å². The Morgan fingerprint density at radius 1 is 0.944 bits per heavy atom. The maximum Gasteiger partial charge on any atom is 0.268 e. The minimum Gasteiger partial charge on any atom is -0.489 e. The van der Waals surface area contributed by atoms with Gasteiger partial charge in [-0.3, -0.25) is 26.3 Å². The van der Waals surface area contributed by atoms with Crippen LogP contribution in [-0.4, -0.2) is 32.5 Å². The lowest BCUT2D eigenvalue weighted by Gasteiger charge is -2.09. The van der Waals surface area contributed by atoms with Crippen molar-refractivity contribution in [2.75, 3.05) is 20.3 Å². The van der Waals surface area contributed by atoms with Gasteiger partial charge in [0, 0.05) is 11.1 Å². The molecule has 0 bridgehead atoms. The van der Waals surface area contributed by atoms with Crippen LogP contribution in [0.5, 0.6) is 11.5 Å². The van der Waals surface area contributed by atoms with Gasteiger partial charge in [-0.05, 0) is 50.4 Å². The van der Waals surface area contributed by atoms with Gasteiger partial charge in [-0.2, -0.15) is 0 Å². The maximum atomic E-state index is 11.8. The van der Waals surface area contributed by atoms with Gasteiger partial charge >= 0.3 is 0 Å². The fourth-order valence-corrected chi connectivity index (χ4v) is 2.26. The van der Waals surface area contributed by atoms with E-state index in [9.17, 15) is 9.59 Å². The van der Waals surface area contributed by atoms with Gasteiger partial charge in [0.25, 0.3) is 5.91 Å². The van der Waals surface area contributed by atoms with Crippen molar-refractivity contribution in [2.45, 2.75) is 6.92 Å². The number of aldehydes is 1. The number of nitrogens with one attached hydrogen (secondary N) is 2. The number of nitrogens with two attached hydrogens (primary N) is 2. The van der Waals surface area contributed by atoms with Gasteiger partial charge in [0.1, 0.15) is 24.7 Å². The first kappa shape index (κ1) is 33.8. The van der Waals surface area contributed by atoms with Crippen LogP contribution in [0.3, 0.4) is 0 Å². The molecule has 0 saturated carbocycles. The van der Waals surface area contributed by atoms with Crippen molar-refractivity contribution in [3.8, 4) is 23.3 Å². The van der Waals surface area contributed by atoms with E-state index in [0.29, 0.717) is 33.8 Å². The zero-order valence-corrected chi connectivity index (χ0v) is 21.0. The molecule has 0 aliphatic rings. The third-order valence-electron chi connectivity index (χ3n) is 3.56. The van der Waals surface area contributed by atoms with Crippen molar-refractivity contribution in [3.05, 3.63) is 110 Å². The van der Waals surface area contributed by atoms with E-state index >= 15 is 0 Å². The van der Waals surface area contributed by atoms with Crippen LogP contribution in [0.4, 0.5) is 0 Å². The van der Waals surface area contributed by atoms with E-state index in [1.165, 1.54) is 0 Å². The summed E-state index contributed by atoms with van der Waals surface area (Å²) in [4.78, 5) is 23.0. The van der Waals surface area contributed by atoms with Crippen molar-refractivity contribution >= 4 is 12.2 Å². The highest BCUT2D eigenvalue weighted by Crippen LogP contribution is 2.21. The highest BCUT2D eigenvalue weighted by molar-refractivity contribution is 5.96. The van der Waals surface area contributed by atoms with Crippen LogP contribution in [0.15, 0.2) is 87.5 Å². The summed E-state index contributed by atoms with van der Waals surface area (Å²) in [6, 6.07) is 9.97. The molecule has 2 rings (SSSR count). The predicted octanol–water partition coefficient (Wildman–Crippen LogP) is 3.71. The molecular weight excluding hydrogens is 456 g/mol. The lowest BCUT2D eigenvalue weighted by Crippen LogP contribution is -2.30. The topological polar surface area (TPSA) is 129 Å². The van der Waals surface area contributed by atoms with Crippen LogP contribution >= 0.6 is 0 Å². The molecule has 0 radical (unpaired) electrons. The van der Waals surface area contributed by atoms with Crippen LogP contribution in [0.1, 0.15) is 38.8 Å². The van der Waals surface area contributed by atoms with E-state index in [1.54, 1.807) is 61.7 Å². The maximum absolute atomic E-state index is 11.8. The lowest BCUT2D eigenvalue weighted by molar-refractivity contribution is 0.0949. The number of carbonyl (C=O) groups is 2. The number of ether oxygens (including phenoxy) is 2. The zero-order chi connectivity index (χ0) is 27.8. The molecule has 0 heterocycles. The smallest absolute Gasteiger partial charge is 0.268 e. The Hall–Kier alpha value is -4.42. The van der Waals surface area contributed by atoms with Crippen molar-refractivity contribution in [1.29, 1.82) is 0 Å². The van der Waals surface area contributed by atoms with Crippen LogP contribution in [0.2, 0.25) is 0 Å². The number of nitrogen functional groups attached to an aromatic ring is 1. The Morgan fingerprint density at radius 2 is 1.39 bits per heavy atom. The second kappa shape index (κ2) is 22.4. The van der Waals surface area contributed by atoms with Crippen LogP contribution < -0.4 is 32.0 Å².